The van der Waals surface area contributed by atoms with Crippen LogP contribution >= 0.6 is 12.2 Å². The van der Waals surface area contributed by atoms with Crippen LogP contribution < -0.4 is 4.74 Å². The van der Waals surface area contributed by atoms with Crippen LogP contribution in [0.4, 0.5) is 0 Å². The second-order valence-electron chi connectivity index (χ2n) is 4.70. The van der Waals surface area contributed by atoms with E-state index in [0.717, 1.165) is 11.1 Å². The number of rotatable bonds is 4. The summed E-state index contributed by atoms with van der Waals surface area (Å²) in [6, 6.07) is 14.3. The van der Waals surface area contributed by atoms with E-state index in [1.165, 1.54) is 4.68 Å². The first kappa shape index (κ1) is 15.0. The second kappa shape index (κ2) is 6.45. The predicted molar refractivity (Wildman–Crippen MR) is 90.5 cm³/mol. The van der Waals surface area contributed by atoms with Crippen molar-refractivity contribution in [3.63, 3.8) is 0 Å². The Morgan fingerprint density at radius 2 is 2.09 bits per heavy atom. The summed E-state index contributed by atoms with van der Waals surface area (Å²) in [6.07, 6.45) is 1.60. The zero-order valence-corrected chi connectivity index (χ0v) is 13.1. The van der Waals surface area contributed by atoms with Crippen molar-refractivity contribution in [1.82, 2.24) is 14.9 Å². The van der Waals surface area contributed by atoms with Crippen molar-refractivity contribution in [3.05, 3.63) is 58.9 Å². The van der Waals surface area contributed by atoms with Gasteiger partial charge in [-0.15, -0.1) is 0 Å². The van der Waals surface area contributed by atoms with E-state index in [1.54, 1.807) is 31.5 Å². The number of hydrogen-bond acceptors (Lipinski definition) is 5. The van der Waals surface area contributed by atoms with Crippen molar-refractivity contribution < 1.29 is 9.84 Å². The predicted octanol–water partition coefficient (Wildman–Crippen LogP) is 3.20. The molecule has 0 aliphatic heterocycles. The minimum Gasteiger partial charge on any atom is -0.508 e. The highest BCUT2D eigenvalue weighted by Gasteiger charge is 2.12. The summed E-state index contributed by atoms with van der Waals surface area (Å²) in [7, 11) is 1.60. The van der Waals surface area contributed by atoms with E-state index < -0.39 is 0 Å². The molecule has 0 amide bonds. The molecule has 0 bridgehead atoms. The summed E-state index contributed by atoms with van der Waals surface area (Å²) in [4.78, 5) is 0. The highest BCUT2D eigenvalue weighted by Crippen LogP contribution is 2.28. The highest BCUT2D eigenvalue weighted by molar-refractivity contribution is 7.71. The highest BCUT2D eigenvalue weighted by atomic mass is 32.1. The van der Waals surface area contributed by atoms with Gasteiger partial charge in [-0.25, -0.2) is 5.10 Å². The van der Waals surface area contributed by atoms with Crippen LogP contribution in [0.3, 0.4) is 0 Å². The summed E-state index contributed by atoms with van der Waals surface area (Å²) in [6.45, 7) is 0. The molecule has 0 atom stereocenters. The van der Waals surface area contributed by atoms with Gasteiger partial charge in [0.1, 0.15) is 11.5 Å². The third-order valence-corrected chi connectivity index (χ3v) is 3.46. The lowest BCUT2D eigenvalue weighted by molar-refractivity contribution is 0.416. The number of benzene rings is 2. The summed E-state index contributed by atoms with van der Waals surface area (Å²) >= 11 is 5.23. The van der Waals surface area contributed by atoms with Gasteiger partial charge < -0.3 is 9.84 Å². The van der Waals surface area contributed by atoms with Gasteiger partial charge in [0.2, 0.25) is 4.77 Å². The Labute approximate surface area is 137 Å². The third kappa shape index (κ3) is 3.14. The molecule has 2 N–H and O–H groups in total. The summed E-state index contributed by atoms with van der Waals surface area (Å²) in [5.41, 5.74) is 1.52. The van der Waals surface area contributed by atoms with Crippen molar-refractivity contribution in [3.8, 4) is 22.9 Å². The molecule has 0 saturated carbocycles. The number of ether oxygens (including phenoxy) is 1. The molecule has 7 heteroatoms. The Kier molecular flexibility index (Phi) is 4.20. The number of H-pyrrole nitrogens is 1. The van der Waals surface area contributed by atoms with Crippen LogP contribution in [0, 0.1) is 4.77 Å². The number of phenolic OH excluding ortho intramolecular Hbond substituents is 1. The second-order valence-corrected chi connectivity index (χ2v) is 5.09. The first-order chi connectivity index (χ1) is 11.2. The molecule has 116 valence electrons. The van der Waals surface area contributed by atoms with Crippen LogP contribution in [0.25, 0.3) is 11.4 Å². The number of para-hydroxylation sites is 1. The molecule has 3 rings (SSSR count). The molecule has 0 spiro atoms. The Bertz CT molecular complexity index is 914. The summed E-state index contributed by atoms with van der Waals surface area (Å²) in [5, 5.41) is 20.8. The van der Waals surface area contributed by atoms with Gasteiger partial charge in [0.05, 0.1) is 18.9 Å². The third-order valence-electron chi connectivity index (χ3n) is 3.19. The summed E-state index contributed by atoms with van der Waals surface area (Å²) in [5.74, 6) is 1.40. The monoisotopic (exact) mass is 326 g/mol. The van der Waals surface area contributed by atoms with Crippen LogP contribution in [0.2, 0.25) is 0 Å². The Hall–Kier alpha value is -2.93. The van der Waals surface area contributed by atoms with Gasteiger partial charge in [-0.1, -0.05) is 24.3 Å². The van der Waals surface area contributed by atoms with Crippen molar-refractivity contribution in [2.24, 2.45) is 5.10 Å². The van der Waals surface area contributed by atoms with Crippen molar-refractivity contribution in [1.29, 1.82) is 0 Å². The van der Waals surface area contributed by atoms with Gasteiger partial charge in [0.25, 0.3) is 0 Å². The van der Waals surface area contributed by atoms with Crippen LogP contribution in [-0.2, 0) is 0 Å². The fourth-order valence-corrected chi connectivity index (χ4v) is 2.31. The molecular formula is C16H14N4O2S. The topological polar surface area (TPSA) is 75.4 Å². The smallest absolute Gasteiger partial charge is 0.216 e. The SMILES string of the molecule is COc1ccccc1-c1n[nH]c(=S)n1N=Cc1cccc(O)c1. The number of phenols is 1. The van der Waals surface area contributed by atoms with E-state index >= 15 is 0 Å². The maximum atomic E-state index is 9.50. The zero-order chi connectivity index (χ0) is 16.2. The van der Waals surface area contributed by atoms with E-state index in [-0.39, 0.29) is 5.75 Å². The quantitative estimate of drug-likeness (QED) is 0.570. The van der Waals surface area contributed by atoms with E-state index in [4.69, 9.17) is 17.0 Å². The minimum absolute atomic E-state index is 0.176. The van der Waals surface area contributed by atoms with Crippen molar-refractivity contribution in [2.75, 3.05) is 7.11 Å². The normalized spacial score (nSPS) is 11.0. The van der Waals surface area contributed by atoms with E-state index in [1.807, 2.05) is 30.3 Å². The van der Waals surface area contributed by atoms with Crippen molar-refractivity contribution in [2.45, 2.75) is 0 Å². The maximum Gasteiger partial charge on any atom is 0.216 e. The molecule has 0 aliphatic rings. The fraction of sp³-hybridized carbons (Fsp3) is 0.0625. The van der Waals surface area contributed by atoms with Gasteiger partial charge in [0.15, 0.2) is 5.82 Å². The first-order valence-corrected chi connectivity index (χ1v) is 7.24. The molecule has 0 saturated heterocycles. The standard InChI is InChI=1S/C16H14N4O2S/c1-22-14-8-3-2-7-13(14)15-18-19-16(23)20(15)17-10-11-5-4-6-12(21)9-11/h2-10,21H,1H3,(H,19,23). The molecule has 23 heavy (non-hydrogen) atoms. The average Bonchev–Trinajstić information content (AvgIpc) is 2.93. The Balaban J connectivity index is 2.04. The largest absolute Gasteiger partial charge is 0.508 e. The molecule has 0 aliphatic carbocycles. The lowest BCUT2D eigenvalue weighted by Gasteiger charge is -2.06. The van der Waals surface area contributed by atoms with Gasteiger partial charge >= 0.3 is 0 Å². The number of hydrogen-bond donors (Lipinski definition) is 2. The number of aromatic nitrogens is 3. The molecular weight excluding hydrogens is 312 g/mol. The molecule has 3 aromatic rings. The number of nitrogens with zero attached hydrogens (tertiary/aromatic N) is 3. The van der Waals surface area contributed by atoms with Crippen LogP contribution in [-0.4, -0.2) is 33.3 Å². The molecule has 0 unspecified atom stereocenters. The number of methoxy groups -OCH3 is 1. The van der Waals surface area contributed by atoms with Gasteiger partial charge in [-0.05, 0) is 42.0 Å². The molecule has 1 aromatic heterocycles. The van der Waals surface area contributed by atoms with Crippen LogP contribution in [0.15, 0.2) is 53.6 Å². The fourth-order valence-electron chi connectivity index (χ4n) is 2.13. The first-order valence-electron chi connectivity index (χ1n) is 6.83. The Morgan fingerprint density at radius 1 is 1.26 bits per heavy atom. The lowest BCUT2D eigenvalue weighted by Crippen LogP contribution is -1.97. The molecule has 0 fully saturated rings. The van der Waals surface area contributed by atoms with Gasteiger partial charge in [0, 0.05) is 0 Å². The molecule has 6 nitrogen and oxygen atoms in total. The number of nitrogens with one attached hydrogen (secondary N) is 1. The zero-order valence-electron chi connectivity index (χ0n) is 12.3. The van der Waals surface area contributed by atoms with Crippen LogP contribution in [0.1, 0.15) is 5.56 Å². The van der Waals surface area contributed by atoms with Gasteiger partial charge in [-0.2, -0.15) is 14.9 Å². The van der Waals surface area contributed by atoms with E-state index in [0.29, 0.717) is 16.3 Å². The minimum atomic E-state index is 0.176. The number of aromatic amines is 1. The van der Waals surface area contributed by atoms with E-state index in [9.17, 15) is 5.11 Å². The summed E-state index contributed by atoms with van der Waals surface area (Å²) < 4.78 is 7.23. The maximum absolute atomic E-state index is 9.50. The molecule has 0 radical (unpaired) electrons. The lowest BCUT2D eigenvalue weighted by atomic mass is 10.2. The van der Waals surface area contributed by atoms with Crippen LogP contribution in [0.5, 0.6) is 11.5 Å². The molecule has 1 heterocycles. The van der Waals surface area contributed by atoms with Crippen molar-refractivity contribution >= 4 is 18.4 Å². The average molecular weight is 326 g/mol. The van der Waals surface area contributed by atoms with E-state index in [2.05, 4.69) is 15.3 Å². The molecule has 2 aromatic carbocycles. The van der Waals surface area contributed by atoms with Gasteiger partial charge in [-0.3, -0.25) is 0 Å². The Morgan fingerprint density at radius 3 is 2.87 bits per heavy atom. The number of aromatic hydroxyl groups is 1.